The van der Waals surface area contributed by atoms with Gasteiger partial charge in [-0.05, 0) is 43.5 Å². The third-order valence-electron chi connectivity index (χ3n) is 5.44. The minimum absolute atomic E-state index is 0.0605. The zero-order chi connectivity index (χ0) is 22.6. The number of pyridine rings is 1. The van der Waals surface area contributed by atoms with Gasteiger partial charge in [0.05, 0.1) is 11.3 Å². The van der Waals surface area contributed by atoms with Gasteiger partial charge in [-0.3, -0.25) is 4.79 Å². The standard InChI is InChI=1S/C24H28F3N3O/c1-4-12-29(13-5-2)23(31)15-20(18-9-7-10-19(14-18)24(25,26)27)21-16-28-22-11-6-8-17(3)30(21)22/h6-11,14,16,20H,4-5,12-13,15H2,1-3H3. The number of alkyl halides is 3. The Hall–Kier alpha value is -2.83. The van der Waals surface area contributed by atoms with Crippen LogP contribution in [0.3, 0.4) is 0 Å². The molecule has 3 aromatic rings. The van der Waals surface area contributed by atoms with Gasteiger partial charge in [-0.1, -0.05) is 38.1 Å². The number of carbonyl (C=O) groups excluding carboxylic acids is 1. The van der Waals surface area contributed by atoms with Gasteiger partial charge in [-0.2, -0.15) is 13.2 Å². The number of fused-ring (bicyclic) bond motifs is 1. The third-order valence-corrected chi connectivity index (χ3v) is 5.44. The number of rotatable bonds is 8. The van der Waals surface area contributed by atoms with Gasteiger partial charge >= 0.3 is 6.18 Å². The van der Waals surface area contributed by atoms with Gasteiger partial charge in [-0.15, -0.1) is 0 Å². The van der Waals surface area contributed by atoms with E-state index < -0.39 is 17.7 Å². The van der Waals surface area contributed by atoms with Crippen LogP contribution in [0.25, 0.3) is 5.65 Å². The summed E-state index contributed by atoms with van der Waals surface area (Å²) in [7, 11) is 0. The quantitative estimate of drug-likeness (QED) is 0.450. The van der Waals surface area contributed by atoms with E-state index in [0.717, 1.165) is 30.7 Å². The molecule has 0 aliphatic rings. The Labute approximate surface area is 180 Å². The Morgan fingerprint density at radius 2 is 1.77 bits per heavy atom. The van der Waals surface area contributed by atoms with Crippen LogP contribution in [0.5, 0.6) is 0 Å². The molecule has 0 radical (unpaired) electrons. The Morgan fingerprint density at radius 3 is 2.42 bits per heavy atom. The molecule has 2 aromatic heterocycles. The lowest BCUT2D eigenvalue weighted by Gasteiger charge is -2.25. The summed E-state index contributed by atoms with van der Waals surface area (Å²) in [5.74, 6) is -0.600. The second kappa shape index (κ2) is 9.54. The lowest BCUT2D eigenvalue weighted by Crippen LogP contribution is -2.33. The van der Waals surface area contributed by atoms with Crippen molar-refractivity contribution in [3.05, 3.63) is 71.2 Å². The van der Waals surface area contributed by atoms with Gasteiger partial charge in [-0.25, -0.2) is 4.98 Å². The van der Waals surface area contributed by atoms with Crippen LogP contribution < -0.4 is 0 Å². The molecule has 7 heteroatoms. The van der Waals surface area contributed by atoms with Gasteiger partial charge in [0.15, 0.2) is 0 Å². The Kier molecular flexibility index (Phi) is 7.03. The SMILES string of the molecule is CCCN(CCC)C(=O)CC(c1cccc(C(F)(F)F)c1)c1cnc2cccc(C)n12. The fourth-order valence-corrected chi connectivity index (χ4v) is 4.01. The van der Waals surface area contributed by atoms with Crippen molar-refractivity contribution in [1.82, 2.24) is 14.3 Å². The topological polar surface area (TPSA) is 37.6 Å². The van der Waals surface area contributed by atoms with Crippen LogP contribution in [0.15, 0.2) is 48.7 Å². The highest BCUT2D eigenvalue weighted by molar-refractivity contribution is 5.77. The minimum atomic E-state index is -4.45. The molecule has 31 heavy (non-hydrogen) atoms. The van der Waals surface area contributed by atoms with Crippen molar-refractivity contribution in [2.75, 3.05) is 13.1 Å². The highest BCUT2D eigenvalue weighted by Gasteiger charge is 2.32. The predicted octanol–water partition coefficient (Wildman–Crippen LogP) is 5.83. The first-order chi connectivity index (χ1) is 14.8. The van der Waals surface area contributed by atoms with E-state index in [0.29, 0.717) is 30.0 Å². The zero-order valence-corrected chi connectivity index (χ0v) is 18.1. The first kappa shape index (κ1) is 22.8. The molecule has 1 amide bonds. The molecule has 0 aliphatic heterocycles. The first-order valence-electron chi connectivity index (χ1n) is 10.6. The van der Waals surface area contributed by atoms with Crippen molar-refractivity contribution in [2.45, 2.75) is 52.1 Å². The second-order valence-electron chi connectivity index (χ2n) is 7.80. The molecule has 3 rings (SSSR count). The van der Waals surface area contributed by atoms with Crippen molar-refractivity contribution in [3.63, 3.8) is 0 Å². The lowest BCUT2D eigenvalue weighted by molar-refractivity contribution is -0.137. The predicted molar refractivity (Wildman–Crippen MR) is 115 cm³/mol. The smallest absolute Gasteiger partial charge is 0.343 e. The maximum atomic E-state index is 13.4. The number of carbonyl (C=O) groups is 1. The van der Waals surface area contributed by atoms with Gasteiger partial charge < -0.3 is 9.30 Å². The maximum absolute atomic E-state index is 13.4. The molecule has 0 saturated heterocycles. The van der Waals surface area contributed by atoms with E-state index >= 15 is 0 Å². The van der Waals surface area contributed by atoms with Crippen LogP contribution in [0.2, 0.25) is 0 Å². The first-order valence-corrected chi connectivity index (χ1v) is 10.6. The highest BCUT2D eigenvalue weighted by Crippen LogP contribution is 2.35. The second-order valence-corrected chi connectivity index (χ2v) is 7.80. The Morgan fingerprint density at radius 1 is 1.10 bits per heavy atom. The van der Waals surface area contributed by atoms with Gasteiger partial charge in [0.2, 0.25) is 5.91 Å². The summed E-state index contributed by atoms with van der Waals surface area (Å²) in [5.41, 5.74) is 2.08. The van der Waals surface area contributed by atoms with Crippen LogP contribution in [-0.2, 0) is 11.0 Å². The van der Waals surface area contributed by atoms with Crippen LogP contribution in [0.4, 0.5) is 13.2 Å². The molecule has 1 atom stereocenters. The maximum Gasteiger partial charge on any atom is 0.416 e. The van der Waals surface area contributed by atoms with E-state index in [2.05, 4.69) is 4.98 Å². The number of nitrogens with zero attached hydrogens (tertiary/aromatic N) is 3. The third kappa shape index (κ3) is 5.09. The number of halogens is 3. The number of hydrogen-bond acceptors (Lipinski definition) is 2. The Balaban J connectivity index is 2.09. The fourth-order valence-electron chi connectivity index (χ4n) is 4.01. The molecule has 1 unspecified atom stereocenters. The summed E-state index contributed by atoms with van der Waals surface area (Å²) >= 11 is 0. The van der Waals surface area contributed by atoms with Crippen molar-refractivity contribution in [3.8, 4) is 0 Å². The molecule has 166 valence electrons. The summed E-state index contributed by atoms with van der Waals surface area (Å²) in [6.07, 6.45) is -1.03. The van der Waals surface area contributed by atoms with Crippen LogP contribution in [0, 0.1) is 6.92 Å². The van der Waals surface area contributed by atoms with Crippen molar-refractivity contribution >= 4 is 11.6 Å². The van der Waals surface area contributed by atoms with Gasteiger partial charge in [0, 0.05) is 37.3 Å². The van der Waals surface area contributed by atoms with E-state index in [-0.39, 0.29) is 12.3 Å². The Bertz CT molecular complexity index is 1040. The normalized spacial score (nSPS) is 12.8. The highest BCUT2D eigenvalue weighted by atomic mass is 19.4. The average molecular weight is 432 g/mol. The zero-order valence-electron chi connectivity index (χ0n) is 18.1. The minimum Gasteiger partial charge on any atom is -0.343 e. The summed E-state index contributed by atoms with van der Waals surface area (Å²) in [6.45, 7) is 7.20. The van der Waals surface area contributed by atoms with Crippen LogP contribution in [0.1, 0.15) is 61.5 Å². The molecule has 0 N–H and O–H groups in total. The van der Waals surface area contributed by atoms with Crippen LogP contribution in [-0.4, -0.2) is 33.3 Å². The number of aromatic nitrogens is 2. The average Bonchev–Trinajstić information content (AvgIpc) is 3.16. The van der Waals surface area contributed by atoms with Gasteiger partial charge in [0.1, 0.15) is 5.65 Å². The van der Waals surface area contributed by atoms with Crippen molar-refractivity contribution in [2.24, 2.45) is 0 Å². The monoisotopic (exact) mass is 431 g/mol. The summed E-state index contributed by atoms with van der Waals surface area (Å²) in [5, 5.41) is 0. The molecule has 0 bridgehead atoms. The number of hydrogen-bond donors (Lipinski definition) is 0. The van der Waals surface area contributed by atoms with E-state index in [1.54, 1.807) is 17.2 Å². The largest absolute Gasteiger partial charge is 0.416 e. The summed E-state index contributed by atoms with van der Waals surface area (Å²) < 4.78 is 42.1. The molecular weight excluding hydrogens is 403 g/mol. The summed E-state index contributed by atoms with van der Waals surface area (Å²) in [6, 6.07) is 10.9. The van der Waals surface area contributed by atoms with Crippen LogP contribution >= 0.6 is 0 Å². The summed E-state index contributed by atoms with van der Waals surface area (Å²) in [4.78, 5) is 19.4. The molecule has 1 aromatic carbocycles. The van der Waals surface area contributed by atoms with Gasteiger partial charge in [0.25, 0.3) is 0 Å². The van der Waals surface area contributed by atoms with E-state index in [9.17, 15) is 18.0 Å². The molecule has 0 fully saturated rings. The molecule has 4 nitrogen and oxygen atoms in total. The molecule has 0 saturated carbocycles. The van der Waals surface area contributed by atoms with Crippen molar-refractivity contribution < 1.29 is 18.0 Å². The molecule has 0 aliphatic carbocycles. The van der Waals surface area contributed by atoms with E-state index in [1.165, 1.54) is 6.07 Å². The number of imidazole rings is 1. The number of amides is 1. The lowest BCUT2D eigenvalue weighted by atomic mass is 9.90. The number of aryl methyl sites for hydroxylation is 1. The molecule has 0 spiro atoms. The fraction of sp³-hybridized carbons (Fsp3) is 0.417. The molecule has 2 heterocycles. The van der Waals surface area contributed by atoms with E-state index in [4.69, 9.17) is 0 Å². The van der Waals surface area contributed by atoms with E-state index in [1.807, 2.05) is 43.4 Å². The van der Waals surface area contributed by atoms with Crippen molar-refractivity contribution in [1.29, 1.82) is 0 Å². The number of benzene rings is 1. The molecular formula is C24H28F3N3O.